The molecule has 0 atom stereocenters. The van der Waals surface area contributed by atoms with Crippen LogP contribution in [0.5, 0.6) is 11.5 Å². The first kappa shape index (κ1) is 17.9. The summed E-state index contributed by atoms with van der Waals surface area (Å²) in [6.07, 6.45) is 2.13. The van der Waals surface area contributed by atoms with Gasteiger partial charge in [-0.1, -0.05) is 0 Å². The Labute approximate surface area is 147 Å². The Bertz CT molecular complexity index is 734. The standard InChI is InChI=1S/C18H20N2O3.ClH/c1-22-14-6-8-17(23-2)15(11-14)18(21)20-13-5-7-16-12(10-13)4-3-9-19-16;/h5-8,10-11,19H,3-4,9H2,1-2H3,(H,20,21);1H. The molecule has 1 aliphatic rings. The first-order valence-electron chi connectivity index (χ1n) is 7.61. The number of benzene rings is 2. The minimum Gasteiger partial charge on any atom is -0.497 e. The molecular formula is C18H21ClN2O3. The summed E-state index contributed by atoms with van der Waals surface area (Å²) in [6.45, 7) is 1.000. The van der Waals surface area contributed by atoms with Crippen LogP contribution in [-0.4, -0.2) is 26.7 Å². The van der Waals surface area contributed by atoms with Crippen molar-refractivity contribution in [2.75, 3.05) is 31.4 Å². The second-order valence-electron chi connectivity index (χ2n) is 5.42. The molecule has 0 spiro atoms. The lowest BCUT2D eigenvalue weighted by atomic mass is 10.0. The molecule has 0 unspecified atom stereocenters. The molecule has 5 nitrogen and oxygen atoms in total. The molecule has 0 aliphatic carbocycles. The molecule has 24 heavy (non-hydrogen) atoms. The van der Waals surface area contributed by atoms with Crippen LogP contribution < -0.4 is 20.1 Å². The van der Waals surface area contributed by atoms with E-state index in [1.165, 1.54) is 5.56 Å². The highest BCUT2D eigenvalue weighted by molar-refractivity contribution is 6.06. The normalized spacial score (nSPS) is 12.2. The highest BCUT2D eigenvalue weighted by Crippen LogP contribution is 2.27. The predicted molar refractivity (Wildman–Crippen MR) is 98.0 cm³/mol. The van der Waals surface area contributed by atoms with Gasteiger partial charge in [-0.05, 0) is 54.8 Å². The summed E-state index contributed by atoms with van der Waals surface area (Å²) in [4.78, 5) is 12.6. The molecule has 0 saturated heterocycles. The fraction of sp³-hybridized carbons (Fsp3) is 0.278. The number of hydrogen-bond acceptors (Lipinski definition) is 4. The summed E-state index contributed by atoms with van der Waals surface area (Å²) in [6, 6.07) is 11.1. The third kappa shape index (κ3) is 3.74. The van der Waals surface area contributed by atoms with Crippen molar-refractivity contribution in [3.63, 3.8) is 0 Å². The number of halogens is 1. The average Bonchev–Trinajstić information content (AvgIpc) is 2.61. The van der Waals surface area contributed by atoms with Crippen molar-refractivity contribution in [3.05, 3.63) is 47.5 Å². The molecule has 2 N–H and O–H groups in total. The number of aryl methyl sites for hydroxylation is 1. The van der Waals surface area contributed by atoms with Crippen molar-refractivity contribution >= 4 is 29.7 Å². The van der Waals surface area contributed by atoms with Gasteiger partial charge in [0, 0.05) is 17.9 Å². The Morgan fingerprint density at radius 1 is 1.12 bits per heavy atom. The van der Waals surface area contributed by atoms with Gasteiger partial charge in [-0.25, -0.2) is 0 Å². The fourth-order valence-electron chi connectivity index (χ4n) is 2.74. The molecule has 1 amide bonds. The lowest BCUT2D eigenvalue weighted by molar-refractivity contribution is 0.102. The summed E-state index contributed by atoms with van der Waals surface area (Å²) < 4.78 is 10.5. The zero-order chi connectivity index (χ0) is 16.2. The topological polar surface area (TPSA) is 59.6 Å². The molecule has 2 aromatic rings. The van der Waals surface area contributed by atoms with E-state index in [9.17, 15) is 4.79 Å². The summed E-state index contributed by atoms with van der Waals surface area (Å²) in [5.41, 5.74) is 3.60. The highest BCUT2D eigenvalue weighted by Gasteiger charge is 2.15. The molecule has 128 valence electrons. The van der Waals surface area contributed by atoms with Crippen molar-refractivity contribution in [1.82, 2.24) is 0 Å². The third-order valence-electron chi connectivity index (χ3n) is 3.95. The number of carbonyl (C=O) groups is 1. The fourth-order valence-corrected chi connectivity index (χ4v) is 2.74. The molecule has 0 fully saturated rings. The van der Waals surface area contributed by atoms with E-state index in [1.54, 1.807) is 32.4 Å². The lowest BCUT2D eigenvalue weighted by Gasteiger charge is -2.19. The molecule has 2 aromatic carbocycles. The van der Waals surface area contributed by atoms with Gasteiger partial charge in [-0.2, -0.15) is 0 Å². The van der Waals surface area contributed by atoms with Gasteiger partial charge < -0.3 is 20.1 Å². The van der Waals surface area contributed by atoms with Crippen LogP contribution in [0.4, 0.5) is 11.4 Å². The smallest absolute Gasteiger partial charge is 0.259 e. The molecule has 1 aliphatic heterocycles. The van der Waals surface area contributed by atoms with Gasteiger partial charge >= 0.3 is 0 Å². The molecule has 1 heterocycles. The van der Waals surface area contributed by atoms with E-state index < -0.39 is 0 Å². The number of nitrogens with one attached hydrogen (secondary N) is 2. The Morgan fingerprint density at radius 3 is 2.71 bits per heavy atom. The minimum atomic E-state index is -0.218. The summed E-state index contributed by atoms with van der Waals surface area (Å²) >= 11 is 0. The van der Waals surface area contributed by atoms with Crippen molar-refractivity contribution in [2.45, 2.75) is 12.8 Å². The van der Waals surface area contributed by atoms with E-state index in [1.807, 2.05) is 18.2 Å². The van der Waals surface area contributed by atoms with Crippen LogP contribution in [-0.2, 0) is 6.42 Å². The van der Waals surface area contributed by atoms with Crippen LogP contribution in [0.3, 0.4) is 0 Å². The lowest BCUT2D eigenvalue weighted by Crippen LogP contribution is -2.15. The second kappa shape index (κ2) is 7.93. The van der Waals surface area contributed by atoms with E-state index in [4.69, 9.17) is 9.47 Å². The number of anilines is 2. The van der Waals surface area contributed by atoms with Crippen LogP contribution in [0.15, 0.2) is 36.4 Å². The molecule has 0 aromatic heterocycles. The van der Waals surface area contributed by atoms with Crippen LogP contribution in [0.25, 0.3) is 0 Å². The van der Waals surface area contributed by atoms with Gasteiger partial charge in [0.05, 0.1) is 19.8 Å². The molecule has 0 saturated carbocycles. The van der Waals surface area contributed by atoms with Crippen molar-refractivity contribution in [1.29, 1.82) is 0 Å². The largest absolute Gasteiger partial charge is 0.497 e. The molecule has 3 rings (SSSR count). The first-order chi connectivity index (χ1) is 11.2. The van der Waals surface area contributed by atoms with Crippen LogP contribution in [0.2, 0.25) is 0 Å². The predicted octanol–water partition coefficient (Wildman–Crippen LogP) is 3.74. The number of ether oxygens (including phenoxy) is 2. The Morgan fingerprint density at radius 2 is 1.96 bits per heavy atom. The third-order valence-corrected chi connectivity index (χ3v) is 3.95. The Kier molecular flexibility index (Phi) is 5.93. The Balaban J connectivity index is 0.00000208. The maximum atomic E-state index is 12.6. The van der Waals surface area contributed by atoms with Gasteiger partial charge in [0.15, 0.2) is 0 Å². The van der Waals surface area contributed by atoms with Crippen molar-refractivity contribution < 1.29 is 14.3 Å². The van der Waals surface area contributed by atoms with Crippen molar-refractivity contribution in [3.8, 4) is 11.5 Å². The monoisotopic (exact) mass is 348 g/mol. The summed E-state index contributed by atoms with van der Waals surface area (Å²) in [5, 5.41) is 6.29. The van der Waals surface area contributed by atoms with Gasteiger partial charge in [0.1, 0.15) is 11.5 Å². The molecule has 6 heteroatoms. The van der Waals surface area contributed by atoms with E-state index in [2.05, 4.69) is 10.6 Å². The Hall–Kier alpha value is -2.40. The van der Waals surface area contributed by atoms with Gasteiger partial charge in [0.2, 0.25) is 0 Å². The number of rotatable bonds is 4. The van der Waals surface area contributed by atoms with E-state index in [0.717, 1.165) is 30.8 Å². The number of amides is 1. The minimum absolute atomic E-state index is 0. The van der Waals surface area contributed by atoms with Crippen LogP contribution in [0.1, 0.15) is 22.3 Å². The van der Waals surface area contributed by atoms with Crippen molar-refractivity contribution in [2.24, 2.45) is 0 Å². The van der Waals surface area contributed by atoms with Crippen LogP contribution >= 0.6 is 12.4 Å². The number of methoxy groups -OCH3 is 2. The molecular weight excluding hydrogens is 328 g/mol. The van der Waals surface area contributed by atoms with Gasteiger partial charge in [0.25, 0.3) is 5.91 Å². The number of fused-ring (bicyclic) bond motifs is 1. The zero-order valence-electron chi connectivity index (χ0n) is 13.7. The highest BCUT2D eigenvalue weighted by atomic mass is 35.5. The maximum absolute atomic E-state index is 12.6. The number of carbonyl (C=O) groups excluding carboxylic acids is 1. The first-order valence-corrected chi connectivity index (χ1v) is 7.61. The van der Waals surface area contributed by atoms with E-state index in [0.29, 0.717) is 17.1 Å². The second-order valence-corrected chi connectivity index (χ2v) is 5.42. The maximum Gasteiger partial charge on any atom is 0.259 e. The van der Waals surface area contributed by atoms with Gasteiger partial charge in [-0.3, -0.25) is 4.79 Å². The number of hydrogen-bond donors (Lipinski definition) is 2. The SMILES string of the molecule is COc1ccc(OC)c(C(=O)Nc2ccc3c(c2)CCCN3)c1.Cl. The van der Waals surface area contributed by atoms with E-state index in [-0.39, 0.29) is 18.3 Å². The quantitative estimate of drug-likeness (QED) is 0.883. The molecule has 0 radical (unpaired) electrons. The summed E-state index contributed by atoms with van der Waals surface area (Å²) in [7, 11) is 3.11. The summed E-state index contributed by atoms with van der Waals surface area (Å²) in [5.74, 6) is 0.915. The van der Waals surface area contributed by atoms with Crippen LogP contribution in [0, 0.1) is 0 Å². The van der Waals surface area contributed by atoms with Gasteiger partial charge in [-0.15, -0.1) is 12.4 Å². The molecule has 0 bridgehead atoms. The van der Waals surface area contributed by atoms with E-state index >= 15 is 0 Å². The zero-order valence-corrected chi connectivity index (χ0v) is 14.5. The average molecular weight is 349 g/mol.